The first kappa shape index (κ1) is 16.1. The Labute approximate surface area is 140 Å². The van der Waals surface area contributed by atoms with Gasteiger partial charge in [0.15, 0.2) is 5.76 Å². The quantitative estimate of drug-likeness (QED) is 0.772. The smallest absolute Gasteiger partial charge is 0.317 e. The van der Waals surface area contributed by atoms with E-state index in [0.717, 1.165) is 22.4 Å². The Morgan fingerprint density at radius 2 is 2.04 bits per heavy atom. The number of hydrogen-bond acceptors (Lipinski definition) is 4. The Kier molecular flexibility index (Phi) is 4.55. The molecule has 3 rings (SSSR count). The second kappa shape index (κ2) is 6.78. The van der Waals surface area contributed by atoms with Crippen molar-refractivity contribution in [2.24, 2.45) is 0 Å². The first-order valence-corrected chi connectivity index (χ1v) is 7.95. The van der Waals surface area contributed by atoms with E-state index in [4.69, 9.17) is 8.94 Å². The molecule has 1 N–H and O–H groups in total. The van der Waals surface area contributed by atoms with Gasteiger partial charge < -0.3 is 19.2 Å². The molecule has 2 heterocycles. The van der Waals surface area contributed by atoms with Crippen molar-refractivity contribution < 1.29 is 13.7 Å². The minimum atomic E-state index is -0.196. The van der Waals surface area contributed by atoms with Crippen LogP contribution in [0.15, 0.2) is 45.3 Å². The number of furan rings is 1. The molecular weight excluding hydrogens is 306 g/mol. The number of fused-ring (bicyclic) bond motifs is 1. The van der Waals surface area contributed by atoms with E-state index in [1.807, 2.05) is 50.2 Å². The van der Waals surface area contributed by atoms with Crippen molar-refractivity contribution in [3.63, 3.8) is 0 Å². The van der Waals surface area contributed by atoms with E-state index in [1.54, 1.807) is 11.9 Å². The molecule has 6 heteroatoms. The average Bonchev–Trinajstić information content (AvgIpc) is 3.18. The molecule has 2 amide bonds. The van der Waals surface area contributed by atoms with Crippen LogP contribution in [0.2, 0.25) is 0 Å². The number of hydrogen-bond donors (Lipinski definition) is 1. The monoisotopic (exact) mass is 327 g/mol. The average molecular weight is 327 g/mol. The van der Waals surface area contributed by atoms with Gasteiger partial charge in [0.25, 0.3) is 0 Å². The second-order valence-corrected chi connectivity index (χ2v) is 6.14. The van der Waals surface area contributed by atoms with E-state index in [-0.39, 0.29) is 6.03 Å². The highest BCUT2D eigenvalue weighted by Gasteiger charge is 2.13. The third-order valence-electron chi connectivity index (χ3n) is 3.80. The third kappa shape index (κ3) is 3.59. The normalized spacial score (nSPS) is 11.2. The lowest BCUT2D eigenvalue weighted by Crippen LogP contribution is -2.36. The van der Waals surface area contributed by atoms with Gasteiger partial charge in [0.05, 0.1) is 18.8 Å². The van der Waals surface area contributed by atoms with Crippen LogP contribution in [0.25, 0.3) is 11.0 Å². The molecule has 0 aliphatic carbocycles. The summed E-state index contributed by atoms with van der Waals surface area (Å²) in [6, 6.07) is 11.4. The molecular formula is C18H21N3O3. The summed E-state index contributed by atoms with van der Waals surface area (Å²) < 4.78 is 10.9. The van der Waals surface area contributed by atoms with Crippen molar-refractivity contribution in [3.8, 4) is 0 Å². The van der Waals surface area contributed by atoms with Crippen molar-refractivity contribution >= 4 is 17.0 Å². The third-order valence-corrected chi connectivity index (χ3v) is 3.80. The highest BCUT2D eigenvalue weighted by atomic mass is 16.5. The van der Waals surface area contributed by atoms with Gasteiger partial charge in [-0.25, -0.2) is 4.79 Å². The summed E-state index contributed by atoms with van der Waals surface area (Å²) in [5, 5.41) is 7.82. The number of carbonyl (C=O) groups is 1. The molecule has 0 atom stereocenters. The van der Waals surface area contributed by atoms with Crippen molar-refractivity contribution in [1.82, 2.24) is 15.4 Å². The van der Waals surface area contributed by atoms with Gasteiger partial charge in [0.2, 0.25) is 0 Å². The van der Waals surface area contributed by atoms with Gasteiger partial charge in [-0.05, 0) is 18.1 Å². The zero-order chi connectivity index (χ0) is 17.1. The lowest BCUT2D eigenvalue weighted by molar-refractivity contribution is 0.201. The van der Waals surface area contributed by atoms with E-state index in [1.165, 1.54) is 0 Å². The van der Waals surface area contributed by atoms with Crippen molar-refractivity contribution in [2.75, 3.05) is 7.05 Å². The van der Waals surface area contributed by atoms with E-state index >= 15 is 0 Å². The minimum Gasteiger partial charge on any atom is -0.459 e. The van der Waals surface area contributed by atoms with Gasteiger partial charge in [-0.1, -0.05) is 37.2 Å². The lowest BCUT2D eigenvalue weighted by atomic mass is 10.1. The summed E-state index contributed by atoms with van der Waals surface area (Å²) in [4.78, 5) is 13.8. The van der Waals surface area contributed by atoms with Gasteiger partial charge >= 0.3 is 6.03 Å². The molecule has 2 aromatic heterocycles. The molecule has 6 nitrogen and oxygen atoms in total. The topological polar surface area (TPSA) is 71.5 Å². The number of nitrogens with one attached hydrogen (secondary N) is 1. The Bertz CT molecular complexity index is 802. The number of benzene rings is 1. The molecule has 3 aromatic rings. The highest BCUT2D eigenvalue weighted by molar-refractivity contribution is 5.78. The molecule has 0 unspecified atom stereocenters. The van der Waals surface area contributed by atoms with E-state index in [9.17, 15) is 4.79 Å². The lowest BCUT2D eigenvalue weighted by Gasteiger charge is -2.15. The van der Waals surface area contributed by atoms with Crippen LogP contribution in [0.1, 0.15) is 37.0 Å². The first-order chi connectivity index (χ1) is 11.5. The predicted octanol–water partition coefficient (Wildman–Crippen LogP) is 3.89. The molecule has 24 heavy (non-hydrogen) atoms. The van der Waals surface area contributed by atoms with Crippen LogP contribution in [0.4, 0.5) is 4.79 Å². The fourth-order valence-electron chi connectivity index (χ4n) is 2.40. The van der Waals surface area contributed by atoms with Crippen LogP contribution >= 0.6 is 0 Å². The largest absolute Gasteiger partial charge is 0.459 e. The summed E-state index contributed by atoms with van der Waals surface area (Å²) >= 11 is 0. The maximum Gasteiger partial charge on any atom is 0.317 e. The van der Waals surface area contributed by atoms with Gasteiger partial charge in [-0.15, -0.1) is 0 Å². The Morgan fingerprint density at radius 1 is 1.25 bits per heavy atom. The summed E-state index contributed by atoms with van der Waals surface area (Å²) in [5.74, 6) is 1.69. The van der Waals surface area contributed by atoms with Gasteiger partial charge in [0, 0.05) is 18.5 Å². The second-order valence-electron chi connectivity index (χ2n) is 6.14. The first-order valence-electron chi connectivity index (χ1n) is 7.95. The van der Waals surface area contributed by atoms with Gasteiger partial charge in [0.1, 0.15) is 11.3 Å². The van der Waals surface area contributed by atoms with Crippen molar-refractivity contribution in [2.45, 2.75) is 32.9 Å². The Hall–Kier alpha value is -2.76. The maximum atomic E-state index is 12.2. The molecule has 0 saturated heterocycles. The molecule has 0 radical (unpaired) electrons. The molecule has 0 spiro atoms. The number of para-hydroxylation sites is 1. The number of urea groups is 1. The number of nitrogens with zero attached hydrogens (tertiary/aromatic N) is 2. The Morgan fingerprint density at radius 3 is 2.75 bits per heavy atom. The molecule has 0 aliphatic heterocycles. The van der Waals surface area contributed by atoms with Gasteiger partial charge in [-0.2, -0.15) is 0 Å². The fourth-order valence-corrected chi connectivity index (χ4v) is 2.40. The number of rotatable bonds is 5. The number of amides is 2. The van der Waals surface area contributed by atoms with Crippen LogP contribution in [0.3, 0.4) is 0 Å². The van der Waals surface area contributed by atoms with Crippen LogP contribution < -0.4 is 5.32 Å². The molecule has 0 bridgehead atoms. The van der Waals surface area contributed by atoms with Crippen LogP contribution in [0, 0.1) is 0 Å². The zero-order valence-corrected chi connectivity index (χ0v) is 14.1. The van der Waals surface area contributed by atoms with E-state index < -0.39 is 0 Å². The Balaban J connectivity index is 1.55. The van der Waals surface area contributed by atoms with Crippen LogP contribution in [-0.4, -0.2) is 23.1 Å². The standard InChI is InChI=1S/C18H21N3O3/c1-12(2)16-9-14(24-20-16)10-19-18(22)21(3)11-15-8-13-6-4-5-7-17(13)23-15/h4-9,12H,10-11H2,1-3H3,(H,19,22). The summed E-state index contributed by atoms with van der Waals surface area (Å²) in [6.07, 6.45) is 0. The number of aromatic nitrogens is 1. The summed E-state index contributed by atoms with van der Waals surface area (Å²) in [6.45, 7) is 4.79. The molecule has 0 fully saturated rings. The van der Waals surface area contributed by atoms with E-state index in [2.05, 4.69) is 10.5 Å². The minimum absolute atomic E-state index is 0.196. The SMILES string of the molecule is CC(C)c1cc(CNC(=O)N(C)Cc2cc3ccccc3o2)on1. The fraction of sp³-hybridized carbons (Fsp3) is 0.333. The molecule has 1 aromatic carbocycles. The van der Waals surface area contributed by atoms with Crippen molar-refractivity contribution in [3.05, 3.63) is 53.6 Å². The van der Waals surface area contributed by atoms with Crippen molar-refractivity contribution in [1.29, 1.82) is 0 Å². The van der Waals surface area contributed by atoms with E-state index in [0.29, 0.717) is 24.8 Å². The maximum absolute atomic E-state index is 12.2. The van der Waals surface area contributed by atoms with Crippen LogP contribution in [-0.2, 0) is 13.1 Å². The summed E-state index contributed by atoms with van der Waals surface area (Å²) in [7, 11) is 1.72. The zero-order valence-electron chi connectivity index (χ0n) is 14.1. The molecule has 0 saturated carbocycles. The summed E-state index contributed by atoms with van der Waals surface area (Å²) in [5.41, 5.74) is 1.71. The molecule has 0 aliphatic rings. The molecule has 126 valence electrons. The van der Waals surface area contributed by atoms with Crippen LogP contribution in [0.5, 0.6) is 0 Å². The predicted molar refractivity (Wildman–Crippen MR) is 90.5 cm³/mol. The number of carbonyl (C=O) groups excluding carboxylic acids is 1. The highest BCUT2D eigenvalue weighted by Crippen LogP contribution is 2.19. The van der Waals surface area contributed by atoms with Gasteiger partial charge in [-0.3, -0.25) is 0 Å².